The Labute approximate surface area is 86.5 Å². The lowest BCUT2D eigenvalue weighted by atomic mass is 10.3. The Hall–Kier alpha value is -1.76. The normalized spacial score (nSPS) is 8.93. The van der Waals surface area contributed by atoms with E-state index in [-0.39, 0.29) is 0 Å². The second kappa shape index (κ2) is 7.87. The molecule has 0 heterocycles. The third-order valence-electron chi connectivity index (χ3n) is 1.45. The van der Waals surface area contributed by atoms with Gasteiger partial charge in [-0.3, -0.25) is 0 Å². The van der Waals surface area contributed by atoms with Crippen molar-refractivity contribution in [1.29, 1.82) is 0 Å². The summed E-state index contributed by atoms with van der Waals surface area (Å²) in [6.07, 6.45) is 3.89. The molecule has 0 amide bonds. The number of hydrogen-bond acceptors (Lipinski definition) is 1. The molecule has 74 valence electrons. The molecule has 0 spiro atoms. The fourth-order valence-corrected chi connectivity index (χ4v) is 0.950. The van der Waals surface area contributed by atoms with Crippen LogP contribution in [-0.4, -0.2) is 0 Å². The van der Waals surface area contributed by atoms with Crippen LogP contribution in [0.1, 0.15) is 6.92 Å². The first kappa shape index (κ1) is 12.2. The van der Waals surface area contributed by atoms with E-state index in [4.69, 9.17) is 0 Å². The van der Waals surface area contributed by atoms with Crippen molar-refractivity contribution in [3.63, 3.8) is 0 Å². The van der Waals surface area contributed by atoms with Gasteiger partial charge in [0.15, 0.2) is 0 Å². The van der Waals surface area contributed by atoms with Gasteiger partial charge < -0.3 is 5.32 Å². The Morgan fingerprint density at radius 3 is 2.29 bits per heavy atom. The molecule has 1 N–H and O–H groups in total. The summed E-state index contributed by atoms with van der Waals surface area (Å²) in [5.41, 5.74) is 1.98. The van der Waals surface area contributed by atoms with E-state index in [1.807, 2.05) is 49.4 Å². The summed E-state index contributed by atoms with van der Waals surface area (Å²) in [5.74, 6) is 0. The van der Waals surface area contributed by atoms with E-state index in [1.54, 1.807) is 0 Å². The van der Waals surface area contributed by atoms with Gasteiger partial charge in [-0.25, -0.2) is 0 Å². The smallest absolute Gasteiger partial charge is 0.0384 e. The van der Waals surface area contributed by atoms with Gasteiger partial charge in [-0.1, -0.05) is 30.9 Å². The van der Waals surface area contributed by atoms with Crippen LogP contribution in [0.4, 0.5) is 5.69 Å². The second-order valence-electron chi connectivity index (χ2n) is 2.52. The molecule has 0 aliphatic rings. The van der Waals surface area contributed by atoms with Gasteiger partial charge in [0.25, 0.3) is 0 Å². The first-order chi connectivity index (χ1) is 6.83. The number of allylic oxidation sites excluding steroid dienone is 2. The minimum atomic E-state index is 0.906. The zero-order chi connectivity index (χ0) is 10.8. The molecule has 0 aliphatic carbocycles. The Morgan fingerprint density at radius 1 is 1.21 bits per heavy atom. The number of anilines is 1. The zero-order valence-corrected chi connectivity index (χ0v) is 8.66. The van der Waals surface area contributed by atoms with E-state index < -0.39 is 0 Å². The molecule has 14 heavy (non-hydrogen) atoms. The van der Waals surface area contributed by atoms with Crippen LogP contribution in [0.25, 0.3) is 0 Å². The molecule has 0 unspecified atom stereocenters. The topological polar surface area (TPSA) is 12.0 Å². The number of nitrogens with one attached hydrogen (secondary N) is 1. The maximum atomic E-state index is 3.84. The van der Waals surface area contributed by atoms with Gasteiger partial charge in [-0.15, -0.1) is 13.2 Å². The van der Waals surface area contributed by atoms with E-state index in [9.17, 15) is 0 Å². The molecule has 0 radical (unpaired) electrons. The van der Waals surface area contributed by atoms with E-state index in [1.165, 1.54) is 0 Å². The predicted molar refractivity (Wildman–Crippen MR) is 65.3 cm³/mol. The molecule has 0 fully saturated rings. The van der Waals surface area contributed by atoms with Crippen molar-refractivity contribution in [2.24, 2.45) is 0 Å². The van der Waals surface area contributed by atoms with Crippen molar-refractivity contribution >= 4 is 5.69 Å². The van der Waals surface area contributed by atoms with Gasteiger partial charge in [0.05, 0.1) is 0 Å². The molecule has 1 nitrogen and oxygen atoms in total. The summed E-state index contributed by atoms with van der Waals surface area (Å²) >= 11 is 0. The number of benzene rings is 1. The second-order valence-corrected chi connectivity index (χ2v) is 2.52. The number of para-hydroxylation sites is 1. The van der Waals surface area contributed by atoms with Gasteiger partial charge in [-0.05, 0) is 25.1 Å². The predicted octanol–water partition coefficient (Wildman–Crippen LogP) is 3.99. The summed E-state index contributed by atoms with van der Waals surface area (Å²) in [4.78, 5) is 0. The molecule has 1 heteroatoms. The molecule has 1 aromatic rings. The molecule has 0 aromatic heterocycles. The van der Waals surface area contributed by atoms with Gasteiger partial charge in [0.2, 0.25) is 0 Å². The Morgan fingerprint density at radius 2 is 1.79 bits per heavy atom. The highest BCUT2D eigenvalue weighted by Crippen LogP contribution is 2.07. The van der Waals surface area contributed by atoms with E-state index in [2.05, 4.69) is 25.1 Å². The van der Waals surface area contributed by atoms with Crippen molar-refractivity contribution in [3.05, 3.63) is 67.9 Å². The molecule has 0 bridgehead atoms. The fourth-order valence-electron chi connectivity index (χ4n) is 0.950. The van der Waals surface area contributed by atoms with Gasteiger partial charge in [-0.2, -0.15) is 0 Å². The Kier molecular flexibility index (Phi) is 6.88. The van der Waals surface area contributed by atoms with Crippen molar-refractivity contribution < 1.29 is 0 Å². The number of hydrogen-bond donors (Lipinski definition) is 1. The van der Waals surface area contributed by atoms with Crippen LogP contribution in [-0.2, 0) is 0 Å². The van der Waals surface area contributed by atoms with Gasteiger partial charge >= 0.3 is 0 Å². The lowest BCUT2D eigenvalue weighted by Crippen LogP contribution is -1.93. The average Bonchev–Trinajstić information content (AvgIpc) is 2.22. The molecular formula is C13H17N. The maximum Gasteiger partial charge on any atom is 0.0384 e. The maximum absolute atomic E-state index is 3.84. The molecule has 0 aliphatic heterocycles. The summed E-state index contributed by atoms with van der Waals surface area (Å²) in [6, 6.07) is 9.99. The van der Waals surface area contributed by atoms with Crippen LogP contribution in [0.3, 0.4) is 0 Å². The van der Waals surface area contributed by atoms with Crippen LogP contribution < -0.4 is 5.32 Å². The van der Waals surface area contributed by atoms with Gasteiger partial charge in [0.1, 0.15) is 0 Å². The van der Waals surface area contributed by atoms with E-state index in [0.717, 1.165) is 11.4 Å². The van der Waals surface area contributed by atoms with Crippen LogP contribution >= 0.6 is 0 Å². The first-order valence-corrected chi connectivity index (χ1v) is 4.46. The zero-order valence-electron chi connectivity index (χ0n) is 8.66. The van der Waals surface area contributed by atoms with Crippen LogP contribution in [0.2, 0.25) is 0 Å². The molecule has 0 saturated heterocycles. The molecule has 0 saturated carbocycles. The summed E-state index contributed by atoms with van der Waals surface area (Å²) < 4.78 is 0. The highest BCUT2D eigenvalue weighted by Gasteiger charge is 1.88. The molecule has 0 atom stereocenters. The molecule has 1 aromatic carbocycles. The van der Waals surface area contributed by atoms with Crippen molar-refractivity contribution in [3.8, 4) is 0 Å². The highest BCUT2D eigenvalue weighted by molar-refractivity contribution is 5.49. The lowest BCUT2D eigenvalue weighted by Gasteiger charge is -2.03. The summed E-state index contributed by atoms with van der Waals surface area (Å²) in [5, 5.41) is 3.16. The van der Waals surface area contributed by atoms with Crippen molar-refractivity contribution in [2.75, 3.05) is 5.32 Å². The fraction of sp³-hybridized carbons (Fsp3) is 0.0769. The van der Waals surface area contributed by atoms with Crippen molar-refractivity contribution in [1.82, 2.24) is 0 Å². The minimum absolute atomic E-state index is 0.906. The van der Waals surface area contributed by atoms with Crippen molar-refractivity contribution in [2.45, 2.75) is 6.92 Å². The Bertz CT molecular complexity index is 285. The third-order valence-corrected chi connectivity index (χ3v) is 1.45. The SMILES string of the molecule is C=C.C=C(/C=C\C)Nc1ccccc1. The largest absolute Gasteiger partial charge is 0.356 e. The lowest BCUT2D eigenvalue weighted by molar-refractivity contribution is 1.48. The number of rotatable bonds is 3. The van der Waals surface area contributed by atoms with E-state index in [0.29, 0.717) is 0 Å². The monoisotopic (exact) mass is 187 g/mol. The van der Waals surface area contributed by atoms with Crippen LogP contribution in [0.15, 0.2) is 67.9 Å². The van der Waals surface area contributed by atoms with Crippen LogP contribution in [0.5, 0.6) is 0 Å². The van der Waals surface area contributed by atoms with E-state index >= 15 is 0 Å². The average molecular weight is 187 g/mol. The quantitative estimate of drug-likeness (QED) is 0.557. The minimum Gasteiger partial charge on any atom is -0.356 e. The molecular weight excluding hydrogens is 170 g/mol. The Balaban J connectivity index is 0.000000791. The summed E-state index contributed by atoms with van der Waals surface area (Å²) in [6.45, 7) is 11.8. The standard InChI is InChI=1S/C11H13N.C2H4/c1-3-7-10(2)12-11-8-5-4-6-9-11;1-2/h3-9,12H,2H2,1H3;1-2H2/b7-3-;. The highest BCUT2D eigenvalue weighted by atomic mass is 14.9. The molecule has 1 rings (SSSR count). The van der Waals surface area contributed by atoms with Gasteiger partial charge in [0, 0.05) is 11.4 Å². The van der Waals surface area contributed by atoms with Crippen LogP contribution in [0, 0.1) is 0 Å². The first-order valence-electron chi connectivity index (χ1n) is 4.46. The third kappa shape index (κ3) is 4.99. The summed E-state index contributed by atoms with van der Waals surface area (Å²) in [7, 11) is 0.